The van der Waals surface area contributed by atoms with Gasteiger partial charge in [0.25, 0.3) is 5.56 Å². The lowest BCUT2D eigenvalue weighted by molar-refractivity contribution is 0.0393. The molecular formula is C19H16Cl2N2O4S. The van der Waals surface area contributed by atoms with Crippen LogP contribution in [0.4, 0.5) is 0 Å². The molecule has 1 N–H and O–H groups in total. The number of benzene rings is 1. The number of fused-ring (bicyclic) bond motifs is 1. The number of methoxy groups -OCH3 is 1. The van der Waals surface area contributed by atoms with Crippen molar-refractivity contribution in [3.8, 4) is 0 Å². The molecule has 0 amide bonds. The molecule has 0 aliphatic rings. The van der Waals surface area contributed by atoms with Crippen LogP contribution in [0.25, 0.3) is 21.3 Å². The van der Waals surface area contributed by atoms with E-state index >= 15 is 0 Å². The van der Waals surface area contributed by atoms with Crippen LogP contribution in [-0.4, -0.2) is 36.3 Å². The van der Waals surface area contributed by atoms with Crippen LogP contribution in [0.3, 0.4) is 0 Å². The Kier molecular flexibility index (Phi) is 6.51. The van der Waals surface area contributed by atoms with Crippen molar-refractivity contribution >= 4 is 61.8 Å². The first-order chi connectivity index (χ1) is 13.4. The van der Waals surface area contributed by atoms with Crippen LogP contribution < -0.4 is 5.56 Å². The summed E-state index contributed by atoms with van der Waals surface area (Å²) in [5.41, 5.74) is 0.839. The van der Waals surface area contributed by atoms with E-state index in [4.69, 9.17) is 32.7 Å². The van der Waals surface area contributed by atoms with E-state index in [2.05, 4.69) is 9.97 Å². The van der Waals surface area contributed by atoms with Gasteiger partial charge >= 0.3 is 5.97 Å². The number of H-pyrrole nitrogens is 1. The van der Waals surface area contributed by atoms with Gasteiger partial charge in [-0.1, -0.05) is 41.4 Å². The minimum absolute atomic E-state index is 0.129. The number of carbonyl (C=O) groups is 1. The molecule has 0 spiro atoms. The van der Waals surface area contributed by atoms with Crippen LogP contribution in [0.15, 0.2) is 29.1 Å². The minimum atomic E-state index is -0.517. The van der Waals surface area contributed by atoms with Crippen molar-refractivity contribution in [2.45, 2.75) is 6.92 Å². The molecule has 6 nitrogen and oxygen atoms in total. The summed E-state index contributed by atoms with van der Waals surface area (Å²) in [6.07, 6.45) is 1.62. The molecule has 0 saturated heterocycles. The van der Waals surface area contributed by atoms with Gasteiger partial charge in [-0.05, 0) is 30.2 Å². The molecule has 146 valence electrons. The number of esters is 1. The lowest BCUT2D eigenvalue weighted by atomic mass is 10.2. The molecule has 2 heterocycles. The van der Waals surface area contributed by atoms with Gasteiger partial charge in [0.15, 0.2) is 5.82 Å². The smallest absolute Gasteiger partial charge is 0.348 e. The number of nitrogens with one attached hydrogen (secondary N) is 1. The molecule has 0 radical (unpaired) electrons. The molecule has 0 fully saturated rings. The SMILES string of the molecule is COCCOC(=O)c1sc2nc(/C(Cl)=C/c3ccccc3Cl)[nH]c(=O)c2c1C. The van der Waals surface area contributed by atoms with E-state index in [1.54, 1.807) is 31.2 Å². The van der Waals surface area contributed by atoms with Crippen LogP contribution in [0.1, 0.15) is 26.6 Å². The summed E-state index contributed by atoms with van der Waals surface area (Å²) in [6.45, 7) is 2.11. The molecule has 0 saturated carbocycles. The molecule has 0 unspecified atom stereocenters. The van der Waals surface area contributed by atoms with Gasteiger partial charge in [0.05, 0.1) is 17.0 Å². The molecule has 28 heavy (non-hydrogen) atoms. The summed E-state index contributed by atoms with van der Waals surface area (Å²) in [4.78, 5) is 32.6. The first-order valence-corrected chi connectivity index (χ1v) is 9.81. The minimum Gasteiger partial charge on any atom is -0.459 e. The highest BCUT2D eigenvalue weighted by molar-refractivity contribution is 7.20. The number of aromatic nitrogens is 2. The average molecular weight is 439 g/mol. The molecule has 0 atom stereocenters. The fourth-order valence-corrected chi connectivity index (χ4v) is 4.00. The second kappa shape index (κ2) is 8.87. The second-order valence-corrected chi connectivity index (χ2v) is 7.61. The third-order valence-electron chi connectivity index (χ3n) is 3.92. The molecule has 9 heteroatoms. The van der Waals surface area contributed by atoms with Crippen LogP contribution in [0.5, 0.6) is 0 Å². The Morgan fingerprint density at radius 1 is 1.32 bits per heavy atom. The quantitative estimate of drug-likeness (QED) is 0.452. The number of hydrogen-bond donors (Lipinski definition) is 1. The lowest BCUT2D eigenvalue weighted by Gasteiger charge is -2.02. The van der Waals surface area contributed by atoms with Crippen LogP contribution in [-0.2, 0) is 9.47 Å². The number of hydrogen-bond acceptors (Lipinski definition) is 6. The molecule has 3 aromatic rings. The molecule has 1 aromatic carbocycles. The summed E-state index contributed by atoms with van der Waals surface area (Å²) in [6, 6.07) is 7.17. The Labute approximate surface area is 174 Å². The van der Waals surface area contributed by atoms with Crippen molar-refractivity contribution in [1.29, 1.82) is 0 Å². The van der Waals surface area contributed by atoms with E-state index in [0.717, 1.165) is 11.3 Å². The maximum Gasteiger partial charge on any atom is 0.348 e. The predicted octanol–water partition coefficient (Wildman–Crippen LogP) is 4.49. The zero-order valence-corrected chi connectivity index (χ0v) is 17.4. The number of nitrogens with zero attached hydrogens (tertiary/aromatic N) is 1. The van der Waals surface area contributed by atoms with Crippen molar-refractivity contribution in [2.24, 2.45) is 0 Å². The average Bonchev–Trinajstić information content (AvgIpc) is 3.01. The normalized spacial score (nSPS) is 11.8. The Hall–Kier alpha value is -2.19. The Morgan fingerprint density at radius 3 is 2.79 bits per heavy atom. The Balaban J connectivity index is 2.00. The topological polar surface area (TPSA) is 81.3 Å². The number of halogens is 2. The first kappa shape index (κ1) is 20.5. The molecule has 0 aliphatic carbocycles. The largest absolute Gasteiger partial charge is 0.459 e. The molecule has 0 bridgehead atoms. The monoisotopic (exact) mass is 438 g/mol. The summed E-state index contributed by atoms with van der Waals surface area (Å²) in [5, 5.41) is 1.09. The highest BCUT2D eigenvalue weighted by atomic mass is 35.5. The predicted molar refractivity (Wildman–Crippen MR) is 112 cm³/mol. The fraction of sp³-hybridized carbons (Fsp3) is 0.211. The van der Waals surface area contributed by atoms with Gasteiger partial charge in [0.1, 0.15) is 16.3 Å². The highest BCUT2D eigenvalue weighted by Crippen LogP contribution is 2.30. The Morgan fingerprint density at radius 2 is 2.07 bits per heavy atom. The van der Waals surface area contributed by atoms with E-state index in [-0.39, 0.29) is 23.0 Å². The van der Waals surface area contributed by atoms with Crippen molar-refractivity contribution in [3.05, 3.63) is 61.5 Å². The maximum absolute atomic E-state index is 12.6. The Bertz CT molecular complexity index is 1120. The van der Waals surface area contributed by atoms with Gasteiger partial charge in [0, 0.05) is 12.1 Å². The van der Waals surface area contributed by atoms with Gasteiger partial charge in [-0.15, -0.1) is 11.3 Å². The van der Waals surface area contributed by atoms with Gasteiger partial charge in [-0.2, -0.15) is 0 Å². The van der Waals surface area contributed by atoms with Crippen molar-refractivity contribution in [3.63, 3.8) is 0 Å². The molecule has 2 aromatic heterocycles. The van der Waals surface area contributed by atoms with Gasteiger partial charge in [-0.25, -0.2) is 9.78 Å². The third-order valence-corrected chi connectivity index (χ3v) is 5.72. The van der Waals surface area contributed by atoms with Gasteiger partial charge in [0.2, 0.25) is 0 Å². The first-order valence-electron chi connectivity index (χ1n) is 8.24. The summed E-state index contributed by atoms with van der Waals surface area (Å²) in [7, 11) is 1.52. The molecule has 0 aliphatic heterocycles. The van der Waals surface area contributed by atoms with Crippen LogP contribution in [0, 0.1) is 6.92 Å². The summed E-state index contributed by atoms with van der Waals surface area (Å²) >= 11 is 13.6. The van der Waals surface area contributed by atoms with Gasteiger partial charge < -0.3 is 14.5 Å². The van der Waals surface area contributed by atoms with Crippen molar-refractivity contribution in [2.75, 3.05) is 20.3 Å². The van der Waals surface area contributed by atoms with Crippen molar-refractivity contribution in [1.82, 2.24) is 9.97 Å². The van der Waals surface area contributed by atoms with Crippen LogP contribution >= 0.6 is 34.5 Å². The summed E-state index contributed by atoms with van der Waals surface area (Å²) in [5.74, 6) is -0.323. The third kappa shape index (κ3) is 4.28. The van der Waals surface area contributed by atoms with Crippen LogP contribution in [0.2, 0.25) is 5.02 Å². The number of aryl methyl sites for hydroxylation is 1. The van der Waals surface area contributed by atoms with E-state index in [1.807, 2.05) is 6.07 Å². The lowest BCUT2D eigenvalue weighted by Crippen LogP contribution is -2.11. The zero-order valence-electron chi connectivity index (χ0n) is 15.0. The summed E-state index contributed by atoms with van der Waals surface area (Å²) < 4.78 is 10.0. The van der Waals surface area contributed by atoms with Gasteiger partial charge in [-0.3, -0.25) is 4.79 Å². The number of ether oxygens (including phenoxy) is 2. The van der Waals surface area contributed by atoms with E-state index in [0.29, 0.717) is 37.9 Å². The number of rotatable bonds is 6. The number of thiophene rings is 1. The second-order valence-electron chi connectivity index (χ2n) is 5.79. The standard InChI is InChI=1S/C19H16Cl2N2O4S/c1-10-14-17(24)22-16(13(21)9-11-5-3-4-6-12(11)20)23-18(14)28-15(10)19(25)27-8-7-26-2/h3-6,9H,7-8H2,1-2H3,(H,22,23,24)/b13-9-. The fourth-order valence-electron chi connectivity index (χ4n) is 2.53. The number of carbonyl (C=O) groups excluding carboxylic acids is 1. The van der Waals surface area contributed by atoms with E-state index in [1.165, 1.54) is 7.11 Å². The zero-order chi connectivity index (χ0) is 20.3. The van der Waals surface area contributed by atoms with E-state index < -0.39 is 5.97 Å². The number of aromatic amines is 1. The maximum atomic E-state index is 12.6. The van der Waals surface area contributed by atoms with Crippen molar-refractivity contribution < 1.29 is 14.3 Å². The molecular weight excluding hydrogens is 423 g/mol. The van der Waals surface area contributed by atoms with E-state index in [9.17, 15) is 9.59 Å². The molecule has 3 rings (SSSR count). The highest BCUT2D eigenvalue weighted by Gasteiger charge is 2.21.